The Balaban J connectivity index is 3.41. The Hall–Kier alpha value is -1.58. The van der Waals surface area contributed by atoms with Gasteiger partial charge in [0.05, 0.1) is 7.11 Å². The maximum atomic E-state index is 10.8. The standard InChI is InChI=1S/C9H11NO3/c1-5-4-10-8(13-3)7(6(5)2)9(11)12/h4H,1-3H3,(H,11,12). The zero-order valence-electron chi connectivity index (χ0n) is 7.79. The average Bonchev–Trinajstić information content (AvgIpc) is 2.08. The molecule has 0 fully saturated rings. The molecular formula is C9H11NO3. The molecule has 1 aromatic heterocycles. The van der Waals surface area contributed by atoms with Crippen molar-refractivity contribution in [2.75, 3.05) is 7.11 Å². The van der Waals surface area contributed by atoms with Crippen molar-refractivity contribution in [2.24, 2.45) is 0 Å². The van der Waals surface area contributed by atoms with Crippen molar-refractivity contribution in [3.8, 4) is 5.88 Å². The second-order valence-electron chi connectivity index (χ2n) is 2.76. The molecule has 13 heavy (non-hydrogen) atoms. The summed E-state index contributed by atoms with van der Waals surface area (Å²) in [5, 5.41) is 8.88. The molecule has 0 radical (unpaired) electrons. The molecule has 4 heteroatoms. The maximum absolute atomic E-state index is 10.8. The molecule has 0 saturated heterocycles. The van der Waals surface area contributed by atoms with Gasteiger partial charge in [-0.2, -0.15) is 0 Å². The molecule has 1 rings (SSSR count). The SMILES string of the molecule is COc1ncc(C)c(C)c1C(=O)O. The summed E-state index contributed by atoms with van der Waals surface area (Å²) < 4.78 is 4.85. The molecule has 0 aliphatic rings. The van der Waals surface area contributed by atoms with Crippen LogP contribution < -0.4 is 4.74 Å². The van der Waals surface area contributed by atoms with Crippen LogP contribution in [0.15, 0.2) is 6.20 Å². The minimum absolute atomic E-state index is 0.141. The lowest BCUT2D eigenvalue weighted by Crippen LogP contribution is -2.06. The van der Waals surface area contributed by atoms with Gasteiger partial charge in [0.25, 0.3) is 0 Å². The number of hydrogen-bond acceptors (Lipinski definition) is 3. The summed E-state index contributed by atoms with van der Waals surface area (Å²) in [5.74, 6) is -0.846. The van der Waals surface area contributed by atoms with Crippen molar-refractivity contribution in [1.29, 1.82) is 0 Å². The fraction of sp³-hybridized carbons (Fsp3) is 0.333. The quantitative estimate of drug-likeness (QED) is 0.749. The van der Waals surface area contributed by atoms with E-state index in [2.05, 4.69) is 4.98 Å². The van der Waals surface area contributed by atoms with Gasteiger partial charge in [-0.15, -0.1) is 0 Å². The number of carboxylic acids is 1. The van der Waals surface area contributed by atoms with Crippen LogP contribution in [0.1, 0.15) is 21.5 Å². The van der Waals surface area contributed by atoms with Crippen LogP contribution in [0, 0.1) is 13.8 Å². The number of hydrogen-bond donors (Lipinski definition) is 1. The molecule has 0 bridgehead atoms. The summed E-state index contributed by atoms with van der Waals surface area (Å²) >= 11 is 0. The van der Waals surface area contributed by atoms with Crippen LogP contribution in [0.4, 0.5) is 0 Å². The highest BCUT2D eigenvalue weighted by Crippen LogP contribution is 2.21. The first-order chi connectivity index (χ1) is 6.07. The lowest BCUT2D eigenvalue weighted by Gasteiger charge is -2.08. The van der Waals surface area contributed by atoms with Crippen LogP contribution >= 0.6 is 0 Å². The number of carboxylic acid groups (broad SMARTS) is 1. The van der Waals surface area contributed by atoms with Crippen molar-refractivity contribution in [3.05, 3.63) is 22.9 Å². The van der Waals surface area contributed by atoms with Crippen molar-refractivity contribution in [2.45, 2.75) is 13.8 Å². The summed E-state index contributed by atoms with van der Waals surface area (Å²) in [6.45, 7) is 3.55. The number of aromatic nitrogens is 1. The van der Waals surface area contributed by atoms with Crippen LogP contribution in [-0.2, 0) is 0 Å². The number of methoxy groups -OCH3 is 1. The highest BCUT2D eigenvalue weighted by atomic mass is 16.5. The molecule has 0 saturated carbocycles. The monoisotopic (exact) mass is 181 g/mol. The third kappa shape index (κ3) is 1.61. The molecule has 0 spiro atoms. The van der Waals surface area contributed by atoms with Crippen LogP contribution in [0.25, 0.3) is 0 Å². The molecule has 0 aromatic carbocycles. The minimum Gasteiger partial charge on any atom is -0.480 e. The maximum Gasteiger partial charge on any atom is 0.341 e. The largest absolute Gasteiger partial charge is 0.480 e. The number of pyridine rings is 1. The Morgan fingerprint density at radius 1 is 1.54 bits per heavy atom. The number of rotatable bonds is 2. The van der Waals surface area contributed by atoms with Gasteiger partial charge in [0.15, 0.2) is 0 Å². The highest BCUT2D eigenvalue weighted by molar-refractivity contribution is 5.92. The van der Waals surface area contributed by atoms with Gasteiger partial charge in [0.1, 0.15) is 5.56 Å². The molecule has 1 aromatic rings. The third-order valence-corrected chi connectivity index (χ3v) is 1.96. The van der Waals surface area contributed by atoms with Gasteiger partial charge in [-0.25, -0.2) is 9.78 Å². The van der Waals surface area contributed by atoms with E-state index in [0.29, 0.717) is 5.56 Å². The first-order valence-corrected chi connectivity index (χ1v) is 3.81. The van der Waals surface area contributed by atoms with Gasteiger partial charge in [-0.3, -0.25) is 0 Å². The lowest BCUT2D eigenvalue weighted by molar-refractivity contribution is 0.0691. The number of nitrogens with zero attached hydrogens (tertiary/aromatic N) is 1. The first kappa shape index (κ1) is 9.51. The predicted molar refractivity (Wildman–Crippen MR) is 47.2 cm³/mol. The molecule has 4 nitrogen and oxygen atoms in total. The summed E-state index contributed by atoms with van der Waals surface area (Å²) in [7, 11) is 1.41. The van der Waals surface area contributed by atoms with Crippen LogP contribution in [0.3, 0.4) is 0 Å². The first-order valence-electron chi connectivity index (χ1n) is 3.81. The van der Waals surface area contributed by atoms with Gasteiger partial charge in [-0.1, -0.05) is 0 Å². The molecule has 0 amide bonds. The van der Waals surface area contributed by atoms with E-state index in [-0.39, 0.29) is 11.4 Å². The van der Waals surface area contributed by atoms with Crippen LogP contribution in [-0.4, -0.2) is 23.2 Å². The zero-order valence-corrected chi connectivity index (χ0v) is 7.79. The van der Waals surface area contributed by atoms with E-state index < -0.39 is 5.97 Å². The fourth-order valence-corrected chi connectivity index (χ4v) is 1.08. The molecular weight excluding hydrogens is 170 g/mol. The molecule has 1 heterocycles. The predicted octanol–water partition coefficient (Wildman–Crippen LogP) is 1.41. The Kier molecular flexibility index (Phi) is 2.51. The number of ether oxygens (including phenoxy) is 1. The van der Waals surface area contributed by atoms with Gasteiger partial charge in [-0.05, 0) is 25.0 Å². The van der Waals surface area contributed by atoms with E-state index >= 15 is 0 Å². The Bertz CT molecular complexity index is 347. The summed E-state index contributed by atoms with van der Waals surface area (Å²) in [6, 6.07) is 0. The van der Waals surface area contributed by atoms with E-state index in [4.69, 9.17) is 9.84 Å². The second-order valence-corrected chi connectivity index (χ2v) is 2.76. The van der Waals surface area contributed by atoms with E-state index in [1.54, 1.807) is 13.1 Å². The lowest BCUT2D eigenvalue weighted by atomic mass is 10.1. The summed E-state index contributed by atoms with van der Waals surface area (Å²) in [5.41, 5.74) is 1.68. The zero-order chi connectivity index (χ0) is 10.0. The molecule has 0 atom stereocenters. The average molecular weight is 181 g/mol. The number of carbonyl (C=O) groups is 1. The van der Waals surface area contributed by atoms with Crippen molar-refractivity contribution in [3.63, 3.8) is 0 Å². The molecule has 0 aliphatic carbocycles. The number of aromatic carboxylic acids is 1. The summed E-state index contributed by atoms with van der Waals surface area (Å²) in [6.07, 6.45) is 1.60. The van der Waals surface area contributed by atoms with Gasteiger partial charge < -0.3 is 9.84 Å². The smallest absolute Gasteiger partial charge is 0.341 e. The van der Waals surface area contributed by atoms with Crippen molar-refractivity contribution < 1.29 is 14.6 Å². The highest BCUT2D eigenvalue weighted by Gasteiger charge is 2.16. The van der Waals surface area contributed by atoms with E-state index in [0.717, 1.165) is 5.56 Å². The van der Waals surface area contributed by atoms with Crippen LogP contribution in [0.2, 0.25) is 0 Å². The normalized spacial score (nSPS) is 9.77. The second kappa shape index (κ2) is 3.43. The van der Waals surface area contributed by atoms with Crippen LogP contribution in [0.5, 0.6) is 5.88 Å². The van der Waals surface area contributed by atoms with E-state index in [1.165, 1.54) is 7.11 Å². The third-order valence-electron chi connectivity index (χ3n) is 1.96. The molecule has 1 N–H and O–H groups in total. The van der Waals surface area contributed by atoms with E-state index in [9.17, 15) is 4.79 Å². The van der Waals surface area contributed by atoms with Gasteiger partial charge in [0.2, 0.25) is 5.88 Å². The Morgan fingerprint density at radius 3 is 2.62 bits per heavy atom. The van der Waals surface area contributed by atoms with Crippen molar-refractivity contribution in [1.82, 2.24) is 4.98 Å². The summed E-state index contributed by atoms with van der Waals surface area (Å²) in [4.78, 5) is 14.7. The van der Waals surface area contributed by atoms with Crippen molar-refractivity contribution >= 4 is 5.97 Å². The van der Waals surface area contributed by atoms with Gasteiger partial charge >= 0.3 is 5.97 Å². The Morgan fingerprint density at radius 2 is 2.15 bits per heavy atom. The fourth-order valence-electron chi connectivity index (χ4n) is 1.08. The van der Waals surface area contributed by atoms with E-state index in [1.807, 2.05) is 6.92 Å². The molecule has 0 aliphatic heterocycles. The molecule has 70 valence electrons. The molecule has 0 unspecified atom stereocenters. The Labute approximate surface area is 76.2 Å². The van der Waals surface area contributed by atoms with Gasteiger partial charge in [0, 0.05) is 6.20 Å². The number of aryl methyl sites for hydroxylation is 1. The minimum atomic E-state index is -1.01. The topological polar surface area (TPSA) is 59.4 Å².